The zero-order valence-corrected chi connectivity index (χ0v) is 7.57. The number of anilines is 1. The second-order valence-electron chi connectivity index (χ2n) is 3.13. The van der Waals surface area contributed by atoms with Crippen LogP contribution < -0.4 is 5.73 Å². The average molecular weight is 187 g/mol. The maximum Gasteiger partial charge on any atom is 0.123 e. The van der Waals surface area contributed by atoms with Crippen molar-refractivity contribution in [2.75, 3.05) is 5.73 Å². The monoisotopic (exact) mass is 187 g/mol. The molecule has 0 saturated carbocycles. The van der Waals surface area contributed by atoms with E-state index in [1.54, 1.807) is 18.2 Å². The highest BCUT2D eigenvalue weighted by atomic mass is 19.1. The minimum Gasteiger partial charge on any atom is -0.399 e. The van der Waals surface area contributed by atoms with E-state index in [1.807, 2.05) is 18.2 Å². The molecule has 1 nitrogen and oxygen atoms in total. The van der Waals surface area contributed by atoms with Crippen LogP contribution in [-0.2, 0) is 0 Å². The summed E-state index contributed by atoms with van der Waals surface area (Å²) < 4.78 is 12.9. The van der Waals surface area contributed by atoms with E-state index in [9.17, 15) is 4.39 Å². The van der Waals surface area contributed by atoms with Crippen LogP contribution in [0.15, 0.2) is 48.5 Å². The minimum absolute atomic E-state index is 0.223. The highest BCUT2D eigenvalue weighted by Gasteiger charge is 1.97. The molecule has 0 atom stereocenters. The summed E-state index contributed by atoms with van der Waals surface area (Å²) in [4.78, 5) is 0. The van der Waals surface area contributed by atoms with E-state index in [4.69, 9.17) is 5.73 Å². The van der Waals surface area contributed by atoms with Gasteiger partial charge in [0.25, 0.3) is 0 Å². The molecule has 70 valence electrons. The Bertz CT molecular complexity index is 434. The van der Waals surface area contributed by atoms with Gasteiger partial charge in [0.15, 0.2) is 0 Å². The molecule has 0 heterocycles. The Morgan fingerprint density at radius 3 is 2.21 bits per heavy atom. The van der Waals surface area contributed by atoms with Gasteiger partial charge in [-0.2, -0.15) is 0 Å². The number of hydrogen-bond donors (Lipinski definition) is 1. The van der Waals surface area contributed by atoms with Gasteiger partial charge in [0.05, 0.1) is 0 Å². The molecule has 0 aromatic heterocycles. The number of benzene rings is 2. The second kappa shape index (κ2) is 3.50. The SMILES string of the molecule is Nc1ccc(-c2cccc(F)c2)cc1. The fraction of sp³-hybridized carbons (Fsp3) is 0. The molecular weight excluding hydrogens is 177 g/mol. The molecule has 0 radical (unpaired) electrons. The summed E-state index contributed by atoms with van der Waals surface area (Å²) in [5, 5.41) is 0. The predicted molar refractivity (Wildman–Crippen MR) is 56.2 cm³/mol. The van der Waals surface area contributed by atoms with Crippen LogP contribution in [0, 0.1) is 5.82 Å². The summed E-state index contributed by atoms with van der Waals surface area (Å²) in [7, 11) is 0. The Labute approximate surface area is 82.0 Å². The molecular formula is C12H10FN. The number of halogens is 1. The molecule has 0 unspecified atom stereocenters. The molecule has 2 aromatic carbocycles. The van der Waals surface area contributed by atoms with E-state index in [0.717, 1.165) is 11.1 Å². The maximum absolute atomic E-state index is 12.9. The minimum atomic E-state index is -0.223. The van der Waals surface area contributed by atoms with Crippen LogP contribution in [0.2, 0.25) is 0 Å². The molecule has 2 N–H and O–H groups in total. The number of nitrogens with two attached hydrogens (primary N) is 1. The lowest BCUT2D eigenvalue weighted by molar-refractivity contribution is 0.628. The standard InChI is InChI=1S/C12H10FN/c13-11-3-1-2-10(8-11)9-4-6-12(14)7-5-9/h1-8H,14H2. The lowest BCUT2D eigenvalue weighted by Gasteiger charge is -2.01. The molecule has 0 bridgehead atoms. The highest BCUT2D eigenvalue weighted by molar-refractivity contribution is 5.65. The molecule has 0 aliphatic heterocycles. The lowest BCUT2D eigenvalue weighted by atomic mass is 10.1. The third-order valence-electron chi connectivity index (χ3n) is 2.07. The largest absolute Gasteiger partial charge is 0.399 e. The first-order chi connectivity index (χ1) is 6.75. The van der Waals surface area contributed by atoms with Crippen molar-refractivity contribution in [3.05, 3.63) is 54.3 Å². The topological polar surface area (TPSA) is 26.0 Å². The van der Waals surface area contributed by atoms with E-state index in [-0.39, 0.29) is 5.82 Å². The van der Waals surface area contributed by atoms with Gasteiger partial charge in [0.2, 0.25) is 0 Å². The molecule has 0 spiro atoms. The molecule has 0 fully saturated rings. The summed E-state index contributed by atoms with van der Waals surface area (Å²) in [6.07, 6.45) is 0. The first-order valence-electron chi connectivity index (χ1n) is 4.37. The van der Waals surface area contributed by atoms with Crippen molar-refractivity contribution in [1.82, 2.24) is 0 Å². The van der Waals surface area contributed by atoms with Crippen molar-refractivity contribution in [2.24, 2.45) is 0 Å². The van der Waals surface area contributed by atoms with Crippen molar-refractivity contribution in [3.63, 3.8) is 0 Å². The summed E-state index contributed by atoms with van der Waals surface area (Å²) in [6.45, 7) is 0. The van der Waals surface area contributed by atoms with Gasteiger partial charge in [-0.25, -0.2) is 4.39 Å². The summed E-state index contributed by atoms with van der Waals surface area (Å²) in [6, 6.07) is 13.9. The molecule has 0 aliphatic rings. The molecule has 0 saturated heterocycles. The van der Waals surface area contributed by atoms with Gasteiger partial charge in [-0.1, -0.05) is 24.3 Å². The second-order valence-corrected chi connectivity index (χ2v) is 3.13. The van der Waals surface area contributed by atoms with Crippen LogP contribution in [0.1, 0.15) is 0 Å². The van der Waals surface area contributed by atoms with Gasteiger partial charge in [-0.15, -0.1) is 0 Å². The first kappa shape index (κ1) is 8.75. The Kier molecular flexibility index (Phi) is 2.19. The summed E-state index contributed by atoms with van der Waals surface area (Å²) >= 11 is 0. The van der Waals surface area contributed by atoms with E-state index < -0.39 is 0 Å². The Hall–Kier alpha value is -1.83. The van der Waals surface area contributed by atoms with Crippen molar-refractivity contribution < 1.29 is 4.39 Å². The van der Waals surface area contributed by atoms with E-state index in [1.165, 1.54) is 12.1 Å². The van der Waals surface area contributed by atoms with Crippen molar-refractivity contribution >= 4 is 5.69 Å². The van der Waals surface area contributed by atoms with Crippen LogP contribution in [-0.4, -0.2) is 0 Å². The van der Waals surface area contributed by atoms with Crippen molar-refractivity contribution in [1.29, 1.82) is 0 Å². The van der Waals surface area contributed by atoms with Gasteiger partial charge in [-0.3, -0.25) is 0 Å². The summed E-state index contributed by atoms with van der Waals surface area (Å²) in [5.41, 5.74) is 8.11. The fourth-order valence-corrected chi connectivity index (χ4v) is 1.34. The van der Waals surface area contributed by atoms with Gasteiger partial charge in [0, 0.05) is 5.69 Å². The van der Waals surface area contributed by atoms with Crippen LogP contribution in [0.4, 0.5) is 10.1 Å². The van der Waals surface area contributed by atoms with Crippen LogP contribution in [0.3, 0.4) is 0 Å². The first-order valence-corrected chi connectivity index (χ1v) is 4.37. The van der Waals surface area contributed by atoms with Crippen LogP contribution in [0.5, 0.6) is 0 Å². The molecule has 0 amide bonds. The molecule has 2 heteroatoms. The Balaban J connectivity index is 2.44. The zero-order valence-electron chi connectivity index (χ0n) is 7.57. The molecule has 2 aromatic rings. The maximum atomic E-state index is 12.9. The third kappa shape index (κ3) is 1.74. The third-order valence-corrected chi connectivity index (χ3v) is 2.07. The van der Waals surface area contributed by atoms with Crippen molar-refractivity contribution in [2.45, 2.75) is 0 Å². The van der Waals surface area contributed by atoms with E-state index >= 15 is 0 Å². The number of hydrogen-bond acceptors (Lipinski definition) is 1. The number of rotatable bonds is 1. The van der Waals surface area contributed by atoms with E-state index in [0.29, 0.717) is 5.69 Å². The van der Waals surface area contributed by atoms with Gasteiger partial charge in [-0.05, 0) is 35.4 Å². The van der Waals surface area contributed by atoms with Crippen LogP contribution in [0.25, 0.3) is 11.1 Å². The van der Waals surface area contributed by atoms with Gasteiger partial charge >= 0.3 is 0 Å². The normalized spacial score (nSPS) is 10.1. The average Bonchev–Trinajstić information content (AvgIpc) is 2.19. The molecule has 2 rings (SSSR count). The zero-order chi connectivity index (χ0) is 9.97. The Morgan fingerprint density at radius 1 is 0.857 bits per heavy atom. The Morgan fingerprint density at radius 2 is 1.57 bits per heavy atom. The number of nitrogen functional groups attached to an aromatic ring is 1. The smallest absolute Gasteiger partial charge is 0.123 e. The van der Waals surface area contributed by atoms with Gasteiger partial charge in [0.1, 0.15) is 5.82 Å². The fourth-order valence-electron chi connectivity index (χ4n) is 1.34. The highest BCUT2D eigenvalue weighted by Crippen LogP contribution is 2.20. The predicted octanol–water partition coefficient (Wildman–Crippen LogP) is 3.07. The van der Waals surface area contributed by atoms with Gasteiger partial charge < -0.3 is 5.73 Å². The lowest BCUT2D eigenvalue weighted by Crippen LogP contribution is -1.84. The molecule has 14 heavy (non-hydrogen) atoms. The van der Waals surface area contributed by atoms with Crippen molar-refractivity contribution in [3.8, 4) is 11.1 Å². The molecule has 0 aliphatic carbocycles. The quantitative estimate of drug-likeness (QED) is 0.682. The summed E-state index contributed by atoms with van der Waals surface area (Å²) in [5.74, 6) is -0.223. The van der Waals surface area contributed by atoms with E-state index in [2.05, 4.69) is 0 Å². The van der Waals surface area contributed by atoms with Crippen LogP contribution >= 0.6 is 0 Å².